The van der Waals surface area contributed by atoms with Crippen LogP contribution < -0.4 is 20.5 Å². The fourth-order valence-electron chi connectivity index (χ4n) is 2.81. The van der Waals surface area contributed by atoms with E-state index in [4.69, 9.17) is 15.2 Å². The lowest BCUT2D eigenvalue weighted by Crippen LogP contribution is -2.39. The van der Waals surface area contributed by atoms with Crippen LogP contribution in [0.15, 0.2) is 18.2 Å². The molecule has 1 aromatic carbocycles. The van der Waals surface area contributed by atoms with Crippen LogP contribution >= 0.6 is 0 Å². The molecule has 5 heteroatoms. The maximum atomic E-state index is 12.0. The molecule has 1 aromatic rings. The van der Waals surface area contributed by atoms with Crippen LogP contribution in [0.5, 0.6) is 11.5 Å². The topological polar surface area (TPSA) is 73.6 Å². The number of amides is 1. The molecule has 0 saturated heterocycles. The lowest BCUT2D eigenvalue weighted by molar-refractivity contribution is -0.125. The minimum absolute atomic E-state index is 0.0181. The van der Waals surface area contributed by atoms with Crippen molar-refractivity contribution in [2.45, 2.75) is 31.7 Å². The summed E-state index contributed by atoms with van der Waals surface area (Å²) < 4.78 is 10.5. The zero-order chi connectivity index (χ0) is 15.2. The molecule has 2 unspecified atom stereocenters. The molecule has 1 aliphatic carbocycles. The summed E-state index contributed by atoms with van der Waals surface area (Å²) in [5, 5.41) is 2.98. The first-order valence-electron chi connectivity index (χ1n) is 7.40. The molecule has 2 rings (SSSR count). The van der Waals surface area contributed by atoms with Crippen molar-refractivity contribution in [1.29, 1.82) is 0 Å². The van der Waals surface area contributed by atoms with Gasteiger partial charge in [-0.25, -0.2) is 0 Å². The van der Waals surface area contributed by atoms with Crippen LogP contribution in [-0.4, -0.2) is 32.7 Å². The van der Waals surface area contributed by atoms with E-state index in [9.17, 15) is 4.79 Å². The second-order valence-corrected chi connectivity index (χ2v) is 5.43. The molecule has 21 heavy (non-hydrogen) atoms. The summed E-state index contributed by atoms with van der Waals surface area (Å²) in [5.41, 5.74) is 7.04. The van der Waals surface area contributed by atoms with E-state index in [0.29, 0.717) is 18.0 Å². The number of ether oxygens (including phenoxy) is 2. The first kappa shape index (κ1) is 15.6. The SMILES string of the molecule is COc1ccc(CCNC(=O)C2CCCC2N)cc1OC. The summed E-state index contributed by atoms with van der Waals surface area (Å²) in [5.74, 6) is 1.48. The van der Waals surface area contributed by atoms with Gasteiger partial charge >= 0.3 is 0 Å². The zero-order valence-electron chi connectivity index (χ0n) is 12.7. The highest BCUT2D eigenvalue weighted by molar-refractivity contribution is 5.79. The molecular formula is C16H24N2O3. The van der Waals surface area contributed by atoms with Gasteiger partial charge in [0.1, 0.15) is 0 Å². The minimum Gasteiger partial charge on any atom is -0.493 e. The predicted molar refractivity (Wildman–Crippen MR) is 81.6 cm³/mol. The van der Waals surface area contributed by atoms with E-state index in [2.05, 4.69) is 5.32 Å². The molecule has 5 nitrogen and oxygen atoms in total. The first-order valence-corrected chi connectivity index (χ1v) is 7.40. The lowest BCUT2D eigenvalue weighted by atomic mass is 10.0. The van der Waals surface area contributed by atoms with Crippen molar-refractivity contribution in [3.05, 3.63) is 23.8 Å². The minimum atomic E-state index is -0.0181. The van der Waals surface area contributed by atoms with Crippen molar-refractivity contribution in [1.82, 2.24) is 5.32 Å². The van der Waals surface area contributed by atoms with E-state index >= 15 is 0 Å². The van der Waals surface area contributed by atoms with Gasteiger partial charge in [0.2, 0.25) is 5.91 Å². The van der Waals surface area contributed by atoms with Gasteiger partial charge in [0, 0.05) is 12.6 Å². The highest BCUT2D eigenvalue weighted by Crippen LogP contribution is 2.27. The van der Waals surface area contributed by atoms with Gasteiger partial charge in [-0.1, -0.05) is 12.5 Å². The molecule has 3 N–H and O–H groups in total. The summed E-state index contributed by atoms with van der Waals surface area (Å²) in [6, 6.07) is 5.82. The van der Waals surface area contributed by atoms with Gasteiger partial charge < -0.3 is 20.5 Å². The fourth-order valence-corrected chi connectivity index (χ4v) is 2.81. The Kier molecular flexibility index (Phi) is 5.44. The highest BCUT2D eigenvalue weighted by Gasteiger charge is 2.29. The molecule has 0 radical (unpaired) electrons. The Morgan fingerprint density at radius 3 is 2.67 bits per heavy atom. The summed E-state index contributed by atoms with van der Waals surface area (Å²) >= 11 is 0. The van der Waals surface area contributed by atoms with Crippen LogP contribution in [0.1, 0.15) is 24.8 Å². The molecular weight excluding hydrogens is 268 g/mol. The van der Waals surface area contributed by atoms with Crippen molar-refractivity contribution < 1.29 is 14.3 Å². The van der Waals surface area contributed by atoms with Crippen molar-refractivity contribution in [3.8, 4) is 11.5 Å². The molecule has 0 spiro atoms. The Balaban J connectivity index is 1.84. The lowest BCUT2D eigenvalue weighted by Gasteiger charge is -2.15. The van der Waals surface area contributed by atoms with Gasteiger partial charge in [-0.15, -0.1) is 0 Å². The highest BCUT2D eigenvalue weighted by atomic mass is 16.5. The Morgan fingerprint density at radius 2 is 2.05 bits per heavy atom. The van der Waals surface area contributed by atoms with Gasteiger partial charge in [-0.3, -0.25) is 4.79 Å². The number of methoxy groups -OCH3 is 2. The normalized spacial score (nSPS) is 21.1. The van der Waals surface area contributed by atoms with Crippen LogP contribution in [0, 0.1) is 5.92 Å². The summed E-state index contributed by atoms with van der Waals surface area (Å²) in [4.78, 5) is 12.0. The molecule has 1 aliphatic rings. The number of nitrogens with one attached hydrogen (secondary N) is 1. The van der Waals surface area contributed by atoms with Crippen molar-refractivity contribution in [2.75, 3.05) is 20.8 Å². The van der Waals surface area contributed by atoms with E-state index in [-0.39, 0.29) is 17.9 Å². The summed E-state index contributed by atoms with van der Waals surface area (Å²) in [6.07, 6.45) is 3.67. The standard InChI is InChI=1S/C16H24N2O3/c1-20-14-7-6-11(10-15(14)21-2)8-9-18-16(19)12-4-3-5-13(12)17/h6-7,10,12-13H,3-5,8-9,17H2,1-2H3,(H,18,19). The average Bonchev–Trinajstić information content (AvgIpc) is 2.93. The van der Waals surface area contributed by atoms with E-state index in [0.717, 1.165) is 31.2 Å². The fraction of sp³-hybridized carbons (Fsp3) is 0.562. The van der Waals surface area contributed by atoms with E-state index in [1.165, 1.54) is 0 Å². The smallest absolute Gasteiger partial charge is 0.224 e. The predicted octanol–water partition coefficient (Wildman–Crippen LogP) is 1.49. The number of carbonyl (C=O) groups excluding carboxylic acids is 1. The number of hydrogen-bond donors (Lipinski definition) is 2. The largest absolute Gasteiger partial charge is 0.493 e. The average molecular weight is 292 g/mol. The van der Waals surface area contributed by atoms with E-state index in [1.807, 2.05) is 18.2 Å². The molecule has 2 atom stereocenters. The van der Waals surface area contributed by atoms with Crippen molar-refractivity contribution in [2.24, 2.45) is 11.7 Å². The zero-order valence-corrected chi connectivity index (χ0v) is 12.7. The maximum absolute atomic E-state index is 12.0. The van der Waals surface area contributed by atoms with Gasteiger partial charge in [-0.05, 0) is 37.0 Å². The maximum Gasteiger partial charge on any atom is 0.224 e. The quantitative estimate of drug-likeness (QED) is 0.833. The molecule has 0 bridgehead atoms. The molecule has 116 valence electrons. The van der Waals surface area contributed by atoms with Gasteiger partial charge in [0.05, 0.1) is 20.1 Å². The molecule has 1 fully saturated rings. The number of hydrogen-bond acceptors (Lipinski definition) is 4. The Morgan fingerprint density at radius 1 is 1.29 bits per heavy atom. The number of nitrogens with two attached hydrogens (primary N) is 1. The van der Waals surface area contributed by atoms with Crippen LogP contribution in [0.3, 0.4) is 0 Å². The molecule has 1 amide bonds. The molecule has 0 heterocycles. The third-order valence-electron chi connectivity index (χ3n) is 4.07. The third kappa shape index (κ3) is 3.88. The Hall–Kier alpha value is -1.75. The van der Waals surface area contributed by atoms with E-state index in [1.54, 1.807) is 14.2 Å². The Bertz CT molecular complexity index is 490. The van der Waals surface area contributed by atoms with Crippen LogP contribution in [-0.2, 0) is 11.2 Å². The number of carbonyl (C=O) groups is 1. The third-order valence-corrected chi connectivity index (χ3v) is 4.07. The summed E-state index contributed by atoms with van der Waals surface area (Å²) in [6.45, 7) is 0.609. The number of rotatable bonds is 6. The molecule has 1 saturated carbocycles. The van der Waals surface area contributed by atoms with Crippen molar-refractivity contribution >= 4 is 5.91 Å². The molecule has 0 aromatic heterocycles. The second kappa shape index (κ2) is 7.31. The van der Waals surface area contributed by atoms with Crippen molar-refractivity contribution in [3.63, 3.8) is 0 Å². The first-order chi connectivity index (χ1) is 10.2. The van der Waals surface area contributed by atoms with Gasteiger partial charge in [0.25, 0.3) is 0 Å². The van der Waals surface area contributed by atoms with Gasteiger partial charge in [-0.2, -0.15) is 0 Å². The van der Waals surface area contributed by atoms with Crippen LogP contribution in [0.25, 0.3) is 0 Å². The van der Waals surface area contributed by atoms with Crippen LogP contribution in [0.4, 0.5) is 0 Å². The number of benzene rings is 1. The van der Waals surface area contributed by atoms with Crippen LogP contribution in [0.2, 0.25) is 0 Å². The van der Waals surface area contributed by atoms with E-state index < -0.39 is 0 Å². The second-order valence-electron chi connectivity index (χ2n) is 5.43. The Labute approximate surface area is 125 Å². The summed E-state index contributed by atoms with van der Waals surface area (Å²) in [7, 11) is 3.23. The van der Waals surface area contributed by atoms with Gasteiger partial charge in [0.15, 0.2) is 11.5 Å². The molecule has 0 aliphatic heterocycles. The monoisotopic (exact) mass is 292 g/mol.